The molecule has 0 saturated carbocycles. The number of anilines is 1. The number of nitrogens with zero attached hydrogens (tertiary/aromatic N) is 2. The number of benzene rings is 2. The SMILES string of the molecule is CCN(CC(=O)N/N=C\c1ccc(O)c(OC)c1)c1ccccc1. The van der Waals surface area contributed by atoms with E-state index in [-0.39, 0.29) is 18.2 Å². The number of methoxy groups -OCH3 is 1. The molecule has 0 aromatic heterocycles. The van der Waals surface area contributed by atoms with Crippen LogP contribution in [-0.2, 0) is 4.79 Å². The molecule has 2 rings (SSSR count). The van der Waals surface area contributed by atoms with Gasteiger partial charge < -0.3 is 14.7 Å². The average Bonchev–Trinajstić information content (AvgIpc) is 2.61. The zero-order chi connectivity index (χ0) is 17.4. The van der Waals surface area contributed by atoms with Crippen molar-refractivity contribution < 1.29 is 14.6 Å². The van der Waals surface area contributed by atoms with Crippen LogP contribution in [-0.4, -0.2) is 37.4 Å². The van der Waals surface area contributed by atoms with Gasteiger partial charge in [0.1, 0.15) is 0 Å². The van der Waals surface area contributed by atoms with Gasteiger partial charge in [-0.05, 0) is 42.8 Å². The maximum Gasteiger partial charge on any atom is 0.259 e. The molecular weight excluding hydrogens is 306 g/mol. The standard InChI is InChI=1S/C18H21N3O3/c1-3-21(15-7-5-4-6-8-15)13-18(23)20-19-12-14-9-10-16(22)17(11-14)24-2/h4-12,22H,3,13H2,1-2H3,(H,20,23)/b19-12-. The molecule has 24 heavy (non-hydrogen) atoms. The van der Waals surface area contributed by atoms with Gasteiger partial charge in [-0.3, -0.25) is 4.79 Å². The van der Waals surface area contributed by atoms with Gasteiger partial charge in [0.2, 0.25) is 0 Å². The summed E-state index contributed by atoms with van der Waals surface area (Å²) in [6.45, 7) is 2.93. The van der Waals surface area contributed by atoms with E-state index in [2.05, 4.69) is 10.5 Å². The first kappa shape index (κ1) is 17.3. The Morgan fingerprint density at radius 3 is 2.71 bits per heavy atom. The number of carbonyl (C=O) groups excluding carboxylic acids is 1. The summed E-state index contributed by atoms with van der Waals surface area (Å²) in [6, 6.07) is 14.6. The summed E-state index contributed by atoms with van der Waals surface area (Å²) in [5.41, 5.74) is 4.20. The number of hydrogen-bond acceptors (Lipinski definition) is 5. The van der Waals surface area contributed by atoms with Gasteiger partial charge >= 0.3 is 0 Å². The maximum absolute atomic E-state index is 12.0. The van der Waals surface area contributed by atoms with Crippen molar-refractivity contribution in [1.29, 1.82) is 0 Å². The zero-order valence-electron chi connectivity index (χ0n) is 13.8. The lowest BCUT2D eigenvalue weighted by atomic mass is 10.2. The van der Waals surface area contributed by atoms with Gasteiger partial charge in [0.25, 0.3) is 5.91 Å². The van der Waals surface area contributed by atoms with E-state index in [1.807, 2.05) is 42.2 Å². The molecule has 0 atom stereocenters. The molecule has 2 aromatic rings. The summed E-state index contributed by atoms with van der Waals surface area (Å²) in [6.07, 6.45) is 1.50. The molecule has 126 valence electrons. The molecule has 0 bridgehead atoms. The van der Waals surface area contributed by atoms with E-state index in [1.165, 1.54) is 19.4 Å². The summed E-state index contributed by atoms with van der Waals surface area (Å²) in [4.78, 5) is 14.0. The first-order chi connectivity index (χ1) is 11.6. The molecule has 2 N–H and O–H groups in total. The van der Waals surface area contributed by atoms with Crippen LogP contribution < -0.4 is 15.1 Å². The van der Waals surface area contributed by atoms with Crippen LogP contribution in [0.2, 0.25) is 0 Å². The minimum atomic E-state index is -0.206. The van der Waals surface area contributed by atoms with Crippen LogP contribution in [0, 0.1) is 0 Å². The Bertz CT molecular complexity index is 702. The quantitative estimate of drug-likeness (QED) is 0.605. The summed E-state index contributed by atoms with van der Waals surface area (Å²) in [7, 11) is 1.47. The number of amides is 1. The van der Waals surface area contributed by atoms with Crippen LogP contribution in [0.15, 0.2) is 53.6 Å². The summed E-state index contributed by atoms with van der Waals surface area (Å²) >= 11 is 0. The fourth-order valence-corrected chi connectivity index (χ4v) is 2.19. The number of hydrogen-bond donors (Lipinski definition) is 2. The van der Waals surface area contributed by atoms with Crippen LogP contribution >= 0.6 is 0 Å². The molecule has 0 heterocycles. The van der Waals surface area contributed by atoms with Crippen molar-refractivity contribution in [2.45, 2.75) is 6.92 Å². The third-order valence-corrected chi connectivity index (χ3v) is 3.44. The monoisotopic (exact) mass is 327 g/mol. The lowest BCUT2D eigenvalue weighted by Crippen LogP contribution is -2.35. The minimum Gasteiger partial charge on any atom is -0.504 e. The molecular formula is C18H21N3O3. The van der Waals surface area contributed by atoms with Crippen LogP contribution in [0.3, 0.4) is 0 Å². The van der Waals surface area contributed by atoms with Gasteiger partial charge in [-0.2, -0.15) is 5.10 Å². The smallest absolute Gasteiger partial charge is 0.259 e. The van der Waals surface area contributed by atoms with E-state index in [9.17, 15) is 9.90 Å². The highest BCUT2D eigenvalue weighted by Gasteiger charge is 2.08. The highest BCUT2D eigenvalue weighted by molar-refractivity contribution is 5.85. The lowest BCUT2D eigenvalue weighted by molar-refractivity contribution is -0.119. The van der Waals surface area contributed by atoms with Crippen molar-refractivity contribution in [1.82, 2.24) is 5.43 Å². The summed E-state index contributed by atoms with van der Waals surface area (Å²) in [5.74, 6) is 0.203. The minimum absolute atomic E-state index is 0.0557. The Labute approximate surface area is 141 Å². The summed E-state index contributed by atoms with van der Waals surface area (Å²) in [5, 5.41) is 13.5. The zero-order valence-corrected chi connectivity index (χ0v) is 13.8. The highest BCUT2D eigenvalue weighted by atomic mass is 16.5. The number of hydrazone groups is 1. The second-order valence-corrected chi connectivity index (χ2v) is 5.07. The molecule has 0 aliphatic heterocycles. The first-order valence-corrected chi connectivity index (χ1v) is 7.63. The molecule has 0 unspecified atom stereocenters. The third-order valence-electron chi connectivity index (χ3n) is 3.44. The molecule has 0 spiro atoms. The number of carbonyl (C=O) groups is 1. The average molecular weight is 327 g/mol. The van der Waals surface area contributed by atoms with E-state index in [0.717, 1.165) is 12.2 Å². The molecule has 0 fully saturated rings. The molecule has 0 saturated heterocycles. The topological polar surface area (TPSA) is 74.2 Å². The van der Waals surface area contributed by atoms with Crippen molar-refractivity contribution in [3.05, 3.63) is 54.1 Å². The second kappa shape index (κ2) is 8.57. The predicted octanol–water partition coefficient (Wildman–Crippen LogP) is 2.38. The van der Waals surface area contributed by atoms with E-state index in [4.69, 9.17) is 4.74 Å². The Hall–Kier alpha value is -3.02. The van der Waals surface area contributed by atoms with Gasteiger partial charge in [0, 0.05) is 12.2 Å². The molecule has 0 aliphatic rings. The van der Waals surface area contributed by atoms with Crippen molar-refractivity contribution in [3.63, 3.8) is 0 Å². The van der Waals surface area contributed by atoms with E-state index < -0.39 is 0 Å². The normalized spacial score (nSPS) is 10.6. The molecule has 6 nitrogen and oxygen atoms in total. The Morgan fingerprint density at radius 1 is 1.29 bits per heavy atom. The first-order valence-electron chi connectivity index (χ1n) is 7.63. The van der Waals surface area contributed by atoms with E-state index in [0.29, 0.717) is 11.3 Å². The van der Waals surface area contributed by atoms with Gasteiger partial charge in [0.15, 0.2) is 11.5 Å². The Kier molecular flexibility index (Phi) is 6.19. The van der Waals surface area contributed by atoms with Gasteiger partial charge in [-0.25, -0.2) is 5.43 Å². The largest absolute Gasteiger partial charge is 0.504 e. The number of phenolic OH excluding ortho intramolecular Hbond substituents is 1. The van der Waals surface area contributed by atoms with Gasteiger partial charge in [0.05, 0.1) is 19.9 Å². The fourth-order valence-electron chi connectivity index (χ4n) is 2.19. The third kappa shape index (κ3) is 4.74. The lowest BCUT2D eigenvalue weighted by Gasteiger charge is -2.21. The number of para-hydroxylation sites is 1. The van der Waals surface area contributed by atoms with Gasteiger partial charge in [-0.1, -0.05) is 18.2 Å². The number of rotatable bonds is 7. The van der Waals surface area contributed by atoms with Crippen LogP contribution in [0.4, 0.5) is 5.69 Å². The molecule has 0 aliphatic carbocycles. The van der Waals surface area contributed by atoms with Crippen molar-refractivity contribution >= 4 is 17.8 Å². The van der Waals surface area contributed by atoms with Crippen LogP contribution in [0.5, 0.6) is 11.5 Å². The number of phenols is 1. The number of nitrogens with one attached hydrogen (secondary N) is 1. The van der Waals surface area contributed by atoms with Gasteiger partial charge in [-0.15, -0.1) is 0 Å². The van der Waals surface area contributed by atoms with Crippen molar-refractivity contribution in [2.75, 3.05) is 25.1 Å². The molecule has 0 radical (unpaired) electrons. The number of likely N-dealkylation sites (N-methyl/N-ethyl adjacent to an activating group) is 1. The summed E-state index contributed by atoms with van der Waals surface area (Å²) < 4.78 is 5.02. The molecule has 6 heteroatoms. The number of aromatic hydroxyl groups is 1. The highest BCUT2D eigenvalue weighted by Crippen LogP contribution is 2.25. The van der Waals surface area contributed by atoms with Crippen LogP contribution in [0.25, 0.3) is 0 Å². The Morgan fingerprint density at radius 2 is 2.04 bits per heavy atom. The second-order valence-electron chi connectivity index (χ2n) is 5.07. The predicted molar refractivity (Wildman–Crippen MR) is 94.7 cm³/mol. The fraction of sp³-hybridized carbons (Fsp3) is 0.222. The molecule has 2 aromatic carbocycles. The van der Waals surface area contributed by atoms with Crippen molar-refractivity contribution in [3.8, 4) is 11.5 Å². The Balaban J connectivity index is 1.92. The number of ether oxygens (including phenoxy) is 1. The van der Waals surface area contributed by atoms with Crippen LogP contribution in [0.1, 0.15) is 12.5 Å². The van der Waals surface area contributed by atoms with Crippen molar-refractivity contribution in [2.24, 2.45) is 5.10 Å². The molecule has 1 amide bonds. The van der Waals surface area contributed by atoms with E-state index >= 15 is 0 Å². The maximum atomic E-state index is 12.0. The van der Waals surface area contributed by atoms with E-state index in [1.54, 1.807) is 12.1 Å².